The lowest BCUT2D eigenvalue weighted by atomic mass is 10.1. The molecule has 0 aliphatic heterocycles. The second kappa shape index (κ2) is 10.0. The van der Waals surface area contributed by atoms with E-state index in [0.717, 1.165) is 16.8 Å². The van der Waals surface area contributed by atoms with Crippen LogP contribution >= 0.6 is 0 Å². The van der Waals surface area contributed by atoms with E-state index in [0.29, 0.717) is 34.7 Å². The predicted molar refractivity (Wildman–Crippen MR) is 140 cm³/mol. The number of urea groups is 1. The van der Waals surface area contributed by atoms with Gasteiger partial charge in [0, 0.05) is 6.54 Å². The van der Waals surface area contributed by atoms with Crippen LogP contribution in [-0.2, 0) is 0 Å². The van der Waals surface area contributed by atoms with Gasteiger partial charge in [0.05, 0.1) is 35.4 Å². The number of carbonyl (C=O) groups is 1. The maximum absolute atomic E-state index is 13.8. The number of hydrogen-bond donors (Lipinski definition) is 1. The first-order valence-corrected chi connectivity index (χ1v) is 11.7. The molecule has 1 N–H and O–H groups in total. The molecule has 4 rings (SSSR count). The molecule has 0 saturated carbocycles. The lowest BCUT2D eigenvalue weighted by Crippen LogP contribution is -2.40. The predicted octanol–water partition coefficient (Wildman–Crippen LogP) is 5.63. The molecule has 0 saturated heterocycles. The Labute approximate surface area is 205 Å². The van der Waals surface area contributed by atoms with Crippen molar-refractivity contribution in [1.29, 1.82) is 0 Å². The molecule has 0 aliphatic rings. The molecule has 3 aromatic carbocycles. The fourth-order valence-electron chi connectivity index (χ4n) is 4.29. The number of aryl methyl sites for hydroxylation is 2. The number of amides is 2. The highest BCUT2D eigenvalue weighted by molar-refractivity contribution is 5.91. The normalized spacial score (nSPS) is 11.8. The van der Waals surface area contributed by atoms with Gasteiger partial charge >= 0.3 is 6.03 Å². The molecule has 0 fully saturated rings. The molecule has 0 bridgehead atoms. The molecule has 1 aromatic heterocycles. The zero-order chi connectivity index (χ0) is 25.1. The summed E-state index contributed by atoms with van der Waals surface area (Å²) in [7, 11) is 1.56. The lowest BCUT2D eigenvalue weighted by molar-refractivity contribution is 0.193. The van der Waals surface area contributed by atoms with E-state index in [-0.39, 0.29) is 11.6 Å². The van der Waals surface area contributed by atoms with E-state index in [1.54, 1.807) is 34.8 Å². The number of ether oxygens (including phenoxy) is 1. The number of fused-ring (bicyclic) bond motifs is 1. The zero-order valence-corrected chi connectivity index (χ0v) is 20.7. The van der Waals surface area contributed by atoms with Crippen molar-refractivity contribution in [1.82, 2.24) is 14.5 Å². The van der Waals surface area contributed by atoms with Crippen molar-refractivity contribution in [2.45, 2.75) is 33.7 Å². The maximum atomic E-state index is 13.8. The van der Waals surface area contributed by atoms with Crippen LogP contribution in [0.4, 0.5) is 10.5 Å². The van der Waals surface area contributed by atoms with Gasteiger partial charge in [0.2, 0.25) is 0 Å². The summed E-state index contributed by atoms with van der Waals surface area (Å²) in [6.07, 6.45) is 0. The molecule has 35 heavy (non-hydrogen) atoms. The van der Waals surface area contributed by atoms with E-state index >= 15 is 0 Å². The van der Waals surface area contributed by atoms with Gasteiger partial charge in [0.25, 0.3) is 5.56 Å². The largest absolute Gasteiger partial charge is 0.495 e. The standard InChI is InChI=1S/C28H30N4O3/c1-6-31(28(34)30-23-13-9-10-14-25(23)35-5)20(4)26-29-22-12-8-7-11-21(22)27(33)32(26)24-17-18(2)15-16-19(24)3/h7-17,20H,6H2,1-5H3,(H,30,34). The molecule has 7 nitrogen and oxygen atoms in total. The van der Waals surface area contributed by atoms with Crippen molar-refractivity contribution in [2.75, 3.05) is 19.0 Å². The van der Waals surface area contributed by atoms with E-state index in [2.05, 4.69) is 5.32 Å². The van der Waals surface area contributed by atoms with Crippen LogP contribution in [0.3, 0.4) is 0 Å². The number of rotatable bonds is 6. The molecule has 1 heterocycles. The Morgan fingerprint density at radius 1 is 1.09 bits per heavy atom. The topological polar surface area (TPSA) is 76.5 Å². The van der Waals surface area contributed by atoms with Crippen molar-refractivity contribution in [3.05, 3.63) is 94.0 Å². The molecule has 4 aromatic rings. The monoisotopic (exact) mass is 470 g/mol. The Bertz CT molecular complexity index is 1440. The summed E-state index contributed by atoms with van der Waals surface area (Å²) in [5.74, 6) is 1.07. The molecule has 0 radical (unpaired) electrons. The van der Waals surface area contributed by atoms with E-state index in [1.165, 1.54) is 0 Å². The van der Waals surface area contributed by atoms with E-state index in [1.807, 2.05) is 76.2 Å². The van der Waals surface area contributed by atoms with Crippen molar-refractivity contribution in [3.8, 4) is 11.4 Å². The van der Waals surface area contributed by atoms with Crippen LogP contribution < -0.4 is 15.6 Å². The Hall–Kier alpha value is -4.13. The molecular formula is C28H30N4O3. The minimum absolute atomic E-state index is 0.160. The summed E-state index contributed by atoms with van der Waals surface area (Å²) in [5, 5.41) is 3.47. The summed E-state index contributed by atoms with van der Waals surface area (Å²) in [6.45, 7) is 8.17. The zero-order valence-electron chi connectivity index (χ0n) is 20.7. The average molecular weight is 471 g/mol. The van der Waals surface area contributed by atoms with Crippen molar-refractivity contribution < 1.29 is 9.53 Å². The number of carbonyl (C=O) groups excluding carboxylic acids is 1. The van der Waals surface area contributed by atoms with Gasteiger partial charge in [0.1, 0.15) is 11.6 Å². The average Bonchev–Trinajstić information content (AvgIpc) is 2.86. The fraction of sp³-hybridized carbons (Fsp3) is 0.250. The molecular weight excluding hydrogens is 440 g/mol. The van der Waals surface area contributed by atoms with Gasteiger partial charge in [-0.2, -0.15) is 0 Å². The Morgan fingerprint density at radius 3 is 2.54 bits per heavy atom. The third-order valence-electron chi connectivity index (χ3n) is 6.20. The number of para-hydroxylation sites is 3. The van der Waals surface area contributed by atoms with Crippen LogP contribution in [0.5, 0.6) is 5.75 Å². The third-order valence-corrected chi connectivity index (χ3v) is 6.20. The maximum Gasteiger partial charge on any atom is 0.322 e. The van der Waals surface area contributed by atoms with Gasteiger partial charge in [-0.25, -0.2) is 9.78 Å². The Morgan fingerprint density at radius 2 is 1.80 bits per heavy atom. The first kappa shape index (κ1) is 24.0. The first-order valence-electron chi connectivity index (χ1n) is 11.7. The van der Waals surface area contributed by atoms with Gasteiger partial charge in [0.15, 0.2) is 0 Å². The summed E-state index contributed by atoms with van der Waals surface area (Å²) in [5.41, 5.74) is 3.75. The molecule has 1 unspecified atom stereocenters. The van der Waals surface area contributed by atoms with E-state index < -0.39 is 6.04 Å². The molecule has 2 amide bonds. The summed E-state index contributed by atoms with van der Waals surface area (Å²) >= 11 is 0. The fourth-order valence-corrected chi connectivity index (χ4v) is 4.29. The van der Waals surface area contributed by atoms with Gasteiger partial charge in [-0.3, -0.25) is 9.36 Å². The minimum atomic E-state index is -0.494. The van der Waals surface area contributed by atoms with Crippen molar-refractivity contribution >= 4 is 22.6 Å². The first-order chi connectivity index (χ1) is 16.8. The lowest BCUT2D eigenvalue weighted by Gasteiger charge is -2.30. The van der Waals surface area contributed by atoms with Gasteiger partial charge in [-0.1, -0.05) is 36.4 Å². The number of aromatic nitrogens is 2. The second-order valence-corrected chi connectivity index (χ2v) is 8.51. The number of benzene rings is 3. The molecule has 0 spiro atoms. The molecule has 0 aliphatic carbocycles. The minimum Gasteiger partial charge on any atom is -0.495 e. The number of nitrogens with one attached hydrogen (secondary N) is 1. The highest BCUT2D eigenvalue weighted by atomic mass is 16.5. The van der Waals surface area contributed by atoms with Crippen molar-refractivity contribution in [2.24, 2.45) is 0 Å². The van der Waals surface area contributed by atoms with Crippen LogP contribution in [0.1, 0.15) is 36.8 Å². The van der Waals surface area contributed by atoms with Gasteiger partial charge < -0.3 is 15.0 Å². The molecule has 7 heteroatoms. The Kier molecular flexibility index (Phi) is 6.87. The quantitative estimate of drug-likeness (QED) is 0.396. The van der Waals surface area contributed by atoms with Crippen molar-refractivity contribution in [3.63, 3.8) is 0 Å². The highest BCUT2D eigenvalue weighted by Crippen LogP contribution is 2.27. The third kappa shape index (κ3) is 4.62. The molecule has 1 atom stereocenters. The van der Waals surface area contributed by atoms with Crippen LogP contribution in [-0.4, -0.2) is 34.1 Å². The highest BCUT2D eigenvalue weighted by Gasteiger charge is 2.27. The SMILES string of the molecule is CCN(C(=O)Nc1ccccc1OC)C(C)c1nc2ccccc2c(=O)n1-c1cc(C)ccc1C. The van der Waals surface area contributed by atoms with E-state index in [9.17, 15) is 9.59 Å². The van der Waals surface area contributed by atoms with Crippen LogP contribution in [0.2, 0.25) is 0 Å². The Balaban J connectivity index is 1.85. The van der Waals surface area contributed by atoms with Gasteiger partial charge in [-0.05, 0) is 69.2 Å². The van der Waals surface area contributed by atoms with Crippen LogP contribution in [0.15, 0.2) is 71.5 Å². The van der Waals surface area contributed by atoms with Crippen LogP contribution in [0, 0.1) is 13.8 Å². The number of anilines is 1. The second-order valence-electron chi connectivity index (χ2n) is 8.51. The number of hydrogen-bond acceptors (Lipinski definition) is 4. The number of nitrogens with zero attached hydrogens (tertiary/aromatic N) is 3. The summed E-state index contributed by atoms with van der Waals surface area (Å²) in [6, 6.07) is 19.7. The summed E-state index contributed by atoms with van der Waals surface area (Å²) < 4.78 is 7.03. The summed E-state index contributed by atoms with van der Waals surface area (Å²) in [4.78, 5) is 33.7. The van der Waals surface area contributed by atoms with Gasteiger partial charge in [-0.15, -0.1) is 0 Å². The van der Waals surface area contributed by atoms with Crippen LogP contribution in [0.25, 0.3) is 16.6 Å². The van der Waals surface area contributed by atoms with E-state index in [4.69, 9.17) is 9.72 Å². The molecule has 180 valence electrons. The number of methoxy groups -OCH3 is 1. The smallest absolute Gasteiger partial charge is 0.322 e.